The van der Waals surface area contributed by atoms with Gasteiger partial charge in [-0.1, -0.05) is 0 Å². The number of nitrogens with one attached hydrogen (secondary N) is 2. The predicted molar refractivity (Wildman–Crippen MR) is 70.8 cm³/mol. The number of amides is 2. The Kier molecular flexibility index (Phi) is 4.13. The first-order valence-corrected chi connectivity index (χ1v) is 6.13. The van der Waals surface area contributed by atoms with E-state index in [1.54, 1.807) is 24.3 Å². The fourth-order valence-electron chi connectivity index (χ4n) is 1.97. The Labute approximate surface area is 111 Å². The number of nitrogens with two attached hydrogens (primary N) is 1. The summed E-state index contributed by atoms with van der Waals surface area (Å²) in [6, 6.07) is 6.07. The molecule has 1 aliphatic heterocycles. The Balaban J connectivity index is 2.00. The quantitative estimate of drug-likeness (QED) is 0.721. The smallest absolute Gasteiger partial charge is 0.248 e. The summed E-state index contributed by atoms with van der Waals surface area (Å²) in [5, 5.41) is 5.88. The third-order valence-corrected chi connectivity index (χ3v) is 3.04. The highest BCUT2D eigenvalue weighted by molar-refractivity contribution is 5.96. The monoisotopic (exact) mass is 263 g/mol. The molecule has 1 fully saturated rings. The molecule has 0 unspecified atom stereocenters. The number of hydrogen-bond acceptors (Lipinski definition) is 4. The van der Waals surface area contributed by atoms with E-state index in [-0.39, 0.29) is 18.1 Å². The molecule has 1 aliphatic rings. The van der Waals surface area contributed by atoms with Crippen molar-refractivity contribution in [1.82, 2.24) is 5.32 Å². The minimum Gasteiger partial charge on any atom is -0.375 e. The molecule has 6 nitrogen and oxygen atoms in total. The van der Waals surface area contributed by atoms with Crippen molar-refractivity contribution in [2.45, 2.75) is 19.1 Å². The van der Waals surface area contributed by atoms with Gasteiger partial charge in [-0.15, -0.1) is 0 Å². The van der Waals surface area contributed by atoms with Crippen molar-refractivity contribution in [3.05, 3.63) is 29.8 Å². The van der Waals surface area contributed by atoms with E-state index in [1.165, 1.54) is 0 Å². The molecule has 102 valence electrons. The molecule has 1 aromatic carbocycles. The standard InChI is InChI=1S/C13H17N3O3/c1-8-11(15-6-7-19-8)13(18)16-10-4-2-9(3-5-10)12(14)17/h2-5,8,11,15H,6-7H2,1H3,(H2,14,17)(H,16,18)/t8-,11+/m1/s1. The van der Waals surface area contributed by atoms with E-state index in [0.29, 0.717) is 24.4 Å². The molecule has 19 heavy (non-hydrogen) atoms. The molecule has 0 saturated carbocycles. The van der Waals surface area contributed by atoms with Crippen molar-refractivity contribution < 1.29 is 14.3 Å². The van der Waals surface area contributed by atoms with Crippen molar-refractivity contribution in [2.75, 3.05) is 18.5 Å². The summed E-state index contributed by atoms with van der Waals surface area (Å²) >= 11 is 0. The number of benzene rings is 1. The van der Waals surface area contributed by atoms with Crippen LogP contribution in [0.2, 0.25) is 0 Å². The lowest BCUT2D eigenvalue weighted by atomic mass is 10.1. The van der Waals surface area contributed by atoms with Crippen LogP contribution in [0.4, 0.5) is 5.69 Å². The fraction of sp³-hybridized carbons (Fsp3) is 0.385. The van der Waals surface area contributed by atoms with Gasteiger partial charge in [-0.3, -0.25) is 9.59 Å². The minimum atomic E-state index is -0.492. The Hall–Kier alpha value is -1.92. The third-order valence-electron chi connectivity index (χ3n) is 3.04. The highest BCUT2D eigenvalue weighted by Gasteiger charge is 2.28. The Morgan fingerprint density at radius 1 is 1.37 bits per heavy atom. The van der Waals surface area contributed by atoms with Crippen LogP contribution in [0.5, 0.6) is 0 Å². The molecule has 0 radical (unpaired) electrons. The van der Waals surface area contributed by atoms with Crippen LogP contribution in [-0.2, 0) is 9.53 Å². The number of primary amides is 1. The summed E-state index contributed by atoms with van der Waals surface area (Å²) in [6.45, 7) is 3.12. The molecule has 1 saturated heterocycles. The summed E-state index contributed by atoms with van der Waals surface area (Å²) in [6.07, 6.45) is -0.168. The molecule has 1 aromatic rings. The van der Waals surface area contributed by atoms with Gasteiger partial charge < -0.3 is 21.1 Å². The van der Waals surface area contributed by atoms with E-state index in [9.17, 15) is 9.59 Å². The van der Waals surface area contributed by atoms with Crippen LogP contribution < -0.4 is 16.4 Å². The van der Waals surface area contributed by atoms with Crippen LogP contribution in [-0.4, -0.2) is 37.1 Å². The molecule has 2 rings (SSSR count). The lowest BCUT2D eigenvalue weighted by molar-refractivity contribution is -0.123. The fourth-order valence-corrected chi connectivity index (χ4v) is 1.97. The number of rotatable bonds is 3. The van der Waals surface area contributed by atoms with E-state index in [4.69, 9.17) is 10.5 Å². The average Bonchev–Trinajstić information content (AvgIpc) is 2.39. The number of anilines is 1. The van der Waals surface area contributed by atoms with Gasteiger partial charge in [-0.05, 0) is 31.2 Å². The van der Waals surface area contributed by atoms with Crippen molar-refractivity contribution >= 4 is 17.5 Å². The second kappa shape index (κ2) is 5.81. The van der Waals surface area contributed by atoms with Crippen LogP contribution in [0.1, 0.15) is 17.3 Å². The van der Waals surface area contributed by atoms with Gasteiger partial charge in [-0.2, -0.15) is 0 Å². The van der Waals surface area contributed by atoms with Crippen LogP contribution in [0, 0.1) is 0 Å². The highest BCUT2D eigenvalue weighted by Crippen LogP contribution is 2.11. The Morgan fingerprint density at radius 3 is 2.63 bits per heavy atom. The van der Waals surface area contributed by atoms with Crippen molar-refractivity contribution in [2.24, 2.45) is 5.73 Å². The maximum atomic E-state index is 12.1. The first-order valence-electron chi connectivity index (χ1n) is 6.13. The van der Waals surface area contributed by atoms with Gasteiger partial charge in [0.05, 0.1) is 12.7 Å². The number of ether oxygens (including phenoxy) is 1. The summed E-state index contributed by atoms with van der Waals surface area (Å²) in [7, 11) is 0. The lowest BCUT2D eigenvalue weighted by Gasteiger charge is -2.29. The van der Waals surface area contributed by atoms with Crippen LogP contribution >= 0.6 is 0 Å². The second-order valence-electron chi connectivity index (χ2n) is 4.44. The molecule has 1 heterocycles. The molecule has 6 heteroatoms. The van der Waals surface area contributed by atoms with E-state index in [2.05, 4.69) is 10.6 Å². The average molecular weight is 263 g/mol. The largest absolute Gasteiger partial charge is 0.375 e. The van der Waals surface area contributed by atoms with Crippen molar-refractivity contribution in [3.63, 3.8) is 0 Å². The molecule has 0 aliphatic carbocycles. The first kappa shape index (κ1) is 13.5. The zero-order chi connectivity index (χ0) is 13.8. The first-order chi connectivity index (χ1) is 9.08. The summed E-state index contributed by atoms with van der Waals surface area (Å²) < 4.78 is 5.42. The van der Waals surface area contributed by atoms with Crippen LogP contribution in [0.3, 0.4) is 0 Å². The minimum absolute atomic E-state index is 0.154. The van der Waals surface area contributed by atoms with Gasteiger partial charge in [-0.25, -0.2) is 0 Å². The van der Waals surface area contributed by atoms with Gasteiger partial charge in [0.1, 0.15) is 6.04 Å². The molecule has 2 amide bonds. The van der Waals surface area contributed by atoms with Crippen molar-refractivity contribution in [1.29, 1.82) is 0 Å². The van der Waals surface area contributed by atoms with Crippen LogP contribution in [0.15, 0.2) is 24.3 Å². The number of carbonyl (C=O) groups is 2. The summed E-state index contributed by atoms with van der Waals surface area (Å²) in [4.78, 5) is 23.0. The Morgan fingerprint density at radius 2 is 2.05 bits per heavy atom. The maximum absolute atomic E-state index is 12.1. The predicted octanol–water partition coefficient (Wildman–Crippen LogP) is 0.101. The summed E-state index contributed by atoms with van der Waals surface area (Å²) in [5.41, 5.74) is 6.18. The van der Waals surface area contributed by atoms with Crippen molar-refractivity contribution in [3.8, 4) is 0 Å². The number of hydrogen-bond donors (Lipinski definition) is 3. The van der Waals surface area contributed by atoms with Gasteiger partial charge in [0.15, 0.2) is 0 Å². The van der Waals surface area contributed by atoms with E-state index < -0.39 is 5.91 Å². The van der Waals surface area contributed by atoms with Gasteiger partial charge in [0.25, 0.3) is 0 Å². The second-order valence-corrected chi connectivity index (χ2v) is 4.44. The van der Waals surface area contributed by atoms with E-state index >= 15 is 0 Å². The topological polar surface area (TPSA) is 93.4 Å². The molecule has 0 aromatic heterocycles. The zero-order valence-electron chi connectivity index (χ0n) is 10.7. The molecule has 0 spiro atoms. The number of carbonyl (C=O) groups excluding carboxylic acids is 2. The lowest BCUT2D eigenvalue weighted by Crippen LogP contribution is -2.53. The summed E-state index contributed by atoms with van der Waals surface area (Å²) in [5.74, 6) is -0.645. The SMILES string of the molecule is C[C@H]1OCCN[C@@H]1C(=O)Nc1ccc(C(N)=O)cc1. The van der Waals surface area contributed by atoms with Gasteiger partial charge in [0, 0.05) is 17.8 Å². The zero-order valence-corrected chi connectivity index (χ0v) is 10.7. The maximum Gasteiger partial charge on any atom is 0.248 e. The molecule has 0 bridgehead atoms. The molecular weight excluding hydrogens is 246 g/mol. The highest BCUT2D eigenvalue weighted by atomic mass is 16.5. The number of morpholine rings is 1. The van der Waals surface area contributed by atoms with Crippen LogP contribution in [0.25, 0.3) is 0 Å². The van der Waals surface area contributed by atoms with Gasteiger partial charge >= 0.3 is 0 Å². The van der Waals surface area contributed by atoms with E-state index in [0.717, 1.165) is 0 Å². The molecule has 2 atom stereocenters. The normalized spacial score (nSPS) is 22.8. The van der Waals surface area contributed by atoms with E-state index in [1.807, 2.05) is 6.92 Å². The van der Waals surface area contributed by atoms with Gasteiger partial charge in [0.2, 0.25) is 11.8 Å². The third kappa shape index (κ3) is 3.30. The molecular formula is C13H17N3O3. The Bertz CT molecular complexity index is 473. The molecule has 4 N–H and O–H groups in total.